The first-order valence-corrected chi connectivity index (χ1v) is 9.58. The summed E-state index contributed by atoms with van der Waals surface area (Å²) in [5.41, 5.74) is 0. The maximum Gasteiger partial charge on any atom is 0.249 e. The predicted octanol–water partition coefficient (Wildman–Crippen LogP) is -0.868. The van der Waals surface area contributed by atoms with Crippen molar-refractivity contribution < 1.29 is 34.4 Å². The lowest BCUT2D eigenvalue weighted by Crippen LogP contribution is -2.52. The normalized spacial score (nSPS) is 22.8. The number of likely N-dealkylation sites (tertiary alicyclic amines) is 1. The number of carbonyl (C=O) groups excluding carboxylic acids is 2. The SMILES string of the molecule is COCC(=O)N1C[C@@H](O)[C@@H](O)[C@@H]1C(=O)NC[C@@H](CO)COc1cccc(Br)c1. The fraction of sp³-hybridized carbons (Fsp3) is 0.556. The quantitative estimate of drug-likeness (QED) is 0.377. The molecule has 2 amide bonds. The topological polar surface area (TPSA) is 129 Å². The van der Waals surface area contributed by atoms with Gasteiger partial charge >= 0.3 is 0 Å². The van der Waals surface area contributed by atoms with Gasteiger partial charge in [-0.3, -0.25) is 9.59 Å². The fourth-order valence-corrected chi connectivity index (χ4v) is 3.25. The van der Waals surface area contributed by atoms with Crippen LogP contribution in [0.2, 0.25) is 0 Å². The monoisotopic (exact) mass is 460 g/mol. The first-order valence-electron chi connectivity index (χ1n) is 8.78. The summed E-state index contributed by atoms with van der Waals surface area (Å²) in [5, 5.41) is 32.1. The van der Waals surface area contributed by atoms with Crippen molar-refractivity contribution in [3.63, 3.8) is 0 Å². The van der Waals surface area contributed by atoms with E-state index in [4.69, 9.17) is 9.47 Å². The highest BCUT2D eigenvalue weighted by atomic mass is 79.9. The van der Waals surface area contributed by atoms with Crippen LogP contribution >= 0.6 is 15.9 Å². The molecule has 1 aliphatic rings. The Morgan fingerprint density at radius 3 is 2.79 bits per heavy atom. The fourth-order valence-electron chi connectivity index (χ4n) is 2.87. The van der Waals surface area contributed by atoms with Gasteiger partial charge in [-0.05, 0) is 18.2 Å². The zero-order valence-corrected chi connectivity index (χ0v) is 17.0. The van der Waals surface area contributed by atoms with Crippen molar-refractivity contribution in [3.05, 3.63) is 28.7 Å². The third kappa shape index (κ3) is 5.89. The summed E-state index contributed by atoms with van der Waals surface area (Å²) >= 11 is 3.34. The second kappa shape index (κ2) is 10.7. The van der Waals surface area contributed by atoms with Gasteiger partial charge < -0.3 is 35.0 Å². The number of benzene rings is 1. The lowest BCUT2D eigenvalue weighted by Gasteiger charge is -2.25. The number of carbonyl (C=O) groups is 2. The van der Waals surface area contributed by atoms with E-state index in [-0.39, 0.29) is 32.9 Å². The van der Waals surface area contributed by atoms with Gasteiger partial charge in [0.15, 0.2) is 0 Å². The van der Waals surface area contributed by atoms with Crippen molar-refractivity contribution in [2.24, 2.45) is 5.92 Å². The summed E-state index contributed by atoms with van der Waals surface area (Å²) < 4.78 is 11.2. The van der Waals surface area contributed by atoms with Gasteiger partial charge in [-0.2, -0.15) is 0 Å². The Bertz CT molecular complexity index is 675. The number of hydrogen-bond acceptors (Lipinski definition) is 7. The molecule has 1 aromatic carbocycles. The summed E-state index contributed by atoms with van der Waals surface area (Å²) in [5.74, 6) is -0.899. The summed E-state index contributed by atoms with van der Waals surface area (Å²) in [6, 6.07) is 6.00. The largest absolute Gasteiger partial charge is 0.493 e. The molecule has 10 heteroatoms. The van der Waals surface area contributed by atoms with Crippen LogP contribution in [0.5, 0.6) is 5.75 Å². The third-order valence-corrected chi connectivity index (χ3v) is 4.89. The van der Waals surface area contributed by atoms with Crippen LogP contribution in [0.25, 0.3) is 0 Å². The molecule has 2 rings (SSSR count). The number of hydrogen-bond donors (Lipinski definition) is 4. The molecular formula is C18H25BrN2O7. The van der Waals surface area contributed by atoms with Crippen molar-refractivity contribution in [1.29, 1.82) is 0 Å². The van der Waals surface area contributed by atoms with E-state index in [2.05, 4.69) is 21.2 Å². The van der Waals surface area contributed by atoms with Crippen LogP contribution in [0.3, 0.4) is 0 Å². The molecule has 9 nitrogen and oxygen atoms in total. The van der Waals surface area contributed by atoms with Crippen molar-refractivity contribution in [1.82, 2.24) is 10.2 Å². The van der Waals surface area contributed by atoms with Crippen LogP contribution in [-0.4, -0.2) is 90.3 Å². The molecule has 0 unspecified atom stereocenters. The highest BCUT2D eigenvalue weighted by molar-refractivity contribution is 9.10. The average Bonchev–Trinajstić information content (AvgIpc) is 2.97. The number of halogens is 1. The average molecular weight is 461 g/mol. The molecule has 0 aliphatic carbocycles. The van der Waals surface area contributed by atoms with E-state index in [1.54, 1.807) is 12.1 Å². The van der Waals surface area contributed by atoms with Crippen molar-refractivity contribution in [2.75, 3.05) is 40.0 Å². The number of methoxy groups -OCH3 is 1. The van der Waals surface area contributed by atoms with Crippen LogP contribution in [-0.2, 0) is 14.3 Å². The van der Waals surface area contributed by atoms with E-state index >= 15 is 0 Å². The first kappa shape index (κ1) is 22.6. The molecule has 0 radical (unpaired) electrons. The Labute approximate surface area is 171 Å². The minimum Gasteiger partial charge on any atom is -0.493 e. The zero-order valence-electron chi connectivity index (χ0n) is 15.5. The van der Waals surface area contributed by atoms with Gasteiger partial charge in [-0.25, -0.2) is 0 Å². The number of aliphatic hydroxyl groups is 3. The highest BCUT2D eigenvalue weighted by Crippen LogP contribution is 2.20. The maximum atomic E-state index is 12.5. The number of aliphatic hydroxyl groups excluding tert-OH is 3. The van der Waals surface area contributed by atoms with Crippen LogP contribution in [0.15, 0.2) is 28.7 Å². The van der Waals surface area contributed by atoms with Crippen LogP contribution < -0.4 is 10.1 Å². The molecule has 0 spiro atoms. The lowest BCUT2D eigenvalue weighted by atomic mass is 10.1. The van der Waals surface area contributed by atoms with E-state index < -0.39 is 36.0 Å². The van der Waals surface area contributed by atoms with E-state index in [0.29, 0.717) is 5.75 Å². The Balaban J connectivity index is 1.91. The molecule has 0 bridgehead atoms. The molecule has 4 N–H and O–H groups in total. The number of nitrogens with one attached hydrogen (secondary N) is 1. The van der Waals surface area contributed by atoms with Gasteiger partial charge in [0, 0.05) is 24.0 Å². The van der Waals surface area contributed by atoms with Crippen LogP contribution in [0, 0.1) is 5.92 Å². The Hall–Kier alpha value is -1.72. The molecule has 4 atom stereocenters. The number of amides is 2. The number of β-amino-alcohol motifs (C(OH)–C–C–N with tert-alkyl or cyclic N) is 1. The molecule has 1 saturated heterocycles. The molecular weight excluding hydrogens is 436 g/mol. The highest BCUT2D eigenvalue weighted by Gasteiger charge is 2.46. The predicted molar refractivity (Wildman–Crippen MR) is 103 cm³/mol. The Morgan fingerprint density at radius 1 is 1.39 bits per heavy atom. The molecule has 156 valence electrons. The molecule has 0 saturated carbocycles. The minimum atomic E-state index is -1.40. The zero-order chi connectivity index (χ0) is 20.7. The van der Waals surface area contributed by atoms with Gasteiger partial charge in [0.1, 0.15) is 24.5 Å². The van der Waals surface area contributed by atoms with Crippen molar-refractivity contribution in [3.8, 4) is 5.75 Å². The van der Waals surface area contributed by atoms with E-state index in [9.17, 15) is 24.9 Å². The van der Waals surface area contributed by atoms with Crippen molar-refractivity contribution >= 4 is 27.7 Å². The molecule has 28 heavy (non-hydrogen) atoms. The summed E-state index contributed by atoms with van der Waals surface area (Å²) in [6.07, 6.45) is -2.61. The summed E-state index contributed by atoms with van der Waals surface area (Å²) in [4.78, 5) is 25.7. The molecule has 1 aromatic rings. The Kier molecular flexibility index (Phi) is 8.64. The molecule has 1 fully saturated rings. The Morgan fingerprint density at radius 2 is 2.14 bits per heavy atom. The first-order chi connectivity index (χ1) is 13.4. The number of ether oxygens (including phenoxy) is 2. The van der Waals surface area contributed by atoms with E-state index in [0.717, 1.165) is 9.37 Å². The van der Waals surface area contributed by atoms with E-state index in [1.807, 2.05) is 12.1 Å². The third-order valence-electron chi connectivity index (χ3n) is 4.40. The van der Waals surface area contributed by atoms with Crippen molar-refractivity contribution in [2.45, 2.75) is 18.2 Å². The van der Waals surface area contributed by atoms with E-state index in [1.165, 1.54) is 7.11 Å². The summed E-state index contributed by atoms with van der Waals surface area (Å²) in [6.45, 7) is -0.402. The van der Waals surface area contributed by atoms with Gasteiger partial charge in [0.2, 0.25) is 11.8 Å². The summed E-state index contributed by atoms with van der Waals surface area (Å²) in [7, 11) is 1.34. The second-order valence-corrected chi connectivity index (χ2v) is 7.46. The van der Waals surface area contributed by atoms with Crippen LogP contribution in [0.4, 0.5) is 0 Å². The van der Waals surface area contributed by atoms with Gasteiger partial charge in [-0.1, -0.05) is 22.0 Å². The standard InChI is InChI=1S/C18H25BrN2O7/c1-27-10-15(24)21-7-14(23)17(25)16(21)18(26)20-6-11(8-22)9-28-13-4-2-3-12(19)5-13/h2-5,11,14,16-17,22-23,25H,6-10H2,1H3,(H,20,26)/t11-,14+,16+,17+/m0/s1. The van der Waals surface area contributed by atoms with Crippen LogP contribution in [0.1, 0.15) is 0 Å². The lowest BCUT2D eigenvalue weighted by molar-refractivity contribution is -0.143. The van der Waals surface area contributed by atoms with Gasteiger partial charge in [0.05, 0.1) is 25.9 Å². The maximum absolute atomic E-state index is 12.5. The smallest absolute Gasteiger partial charge is 0.249 e. The molecule has 1 aliphatic heterocycles. The minimum absolute atomic E-state index is 0.0783. The molecule has 1 heterocycles. The van der Waals surface area contributed by atoms with Gasteiger partial charge in [-0.15, -0.1) is 0 Å². The second-order valence-electron chi connectivity index (χ2n) is 6.54. The van der Waals surface area contributed by atoms with Gasteiger partial charge in [0.25, 0.3) is 0 Å². The number of nitrogens with zero attached hydrogens (tertiary/aromatic N) is 1. The number of rotatable bonds is 9. The molecule has 0 aromatic heterocycles.